The summed E-state index contributed by atoms with van der Waals surface area (Å²) < 4.78 is 9.72. The van der Waals surface area contributed by atoms with Crippen LogP contribution in [0.5, 0.6) is 0 Å². The highest BCUT2D eigenvalue weighted by molar-refractivity contribution is 6.03. The Morgan fingerprint density at radius 3 is 2.00 bits per heavy atom. The smallest absolute Gasteiger partial charge is 0.407 e. The summed E-state index contributed by atoms with van der Waals surface area (Å²) in [7, 11) is 9.11. The number of carbonyl (C=O) groups excluding carboxylic acids is 2. The molecule has 9 heteroatoms. The molecule has 9 nitrogen and oxygen atoms in total. The van der Waals surface area contributed by atoms with Crippen LogP contribution < -0.4 is 15.5 Å². The van der Waals surface area contributed by atoms with Crippen molar-refractivity contribution in [3.05, 3.63) is 83.6 Å². The highest BCUT2D eigenvalue weighted by atomic mass is 16.6. The van der Waals surface area contributed by atoms with Gasteiger partial charge in [0.2, 0.25) is 11.6 Å². The first-order valence-corrected chi connectivity index (χ1v) is 22.6. The topological polar surface area (TPSA) is 73.7 Å². The quantitative estimate of drug-likeness (QED) is 0.0707. The molecule has 0 saturated carbocycles. The molecule has 0 bridgehead atoms. The Morgan fingerprint density at radius 1 is 0.763 bits per heavy atom. The number of alkyl carbamates (subject to hydrolysis) is 1. The number of allylic oxidation sites excluding steroid dienone is 4. The number of anilines is 1. The number of unbranched alkanes of at least 4 members (excludes halogenated alkanes) is 2. The van der Waals surface area contributed by atoms with Crippen molar-refractivity contribution in [2.45, 2.75) is 123 Å². The molecular formula is C50H81N6O3+3. The van der Waals surface area contributed by atoms with E-state index in [1.54, 1.807) is 0 Å². The number of para-hydroxylation sites is 2. The third-order valence-corrected chi connectivity index (χ3v) is 12.2. The summed E-state index contributed by atoms with van der Waals surface area (Å²) in [6.07, 6.45) is 14.3. The Kier molecular flexibility index (Phi) is 16.6. The Balaban J connectivity index is 1.19. The van der Waals surface area contributed by atoms with Crippen molar-refractivity contribution in [2.75, 3.05) is 85.4 Å². The van der Waals surface area contributed by atoms with Gasteiger partial charge in [-0.05, 0) is 65.2 Å². The molecule has 59 heavy (non-hydrogen) atoms. The van der Waals surface area contributed by atoms with Crippen molar-refractivity contribution in [2.24, 2.45) is 0 Å². The number of rotatable bonds is 22. The van der Waals surface area contributed by atoms with Crippen molar-refractivity contribution in [1.29, 1.82) is 0 Å². The number of ether oxygens (including phenoxy) is 1. The van der Waals surface area contributed by atoms with Gasteiger partial charge in [0.1, 0.15) is 12.1 Å². The van der Waals surface area contributed by atoms with Crippen molar-refractivity contribution < 1.29 is 27.9 Å². The summed E-state index contributed by atoms with van der Waals surface area (Å²) >= 11 is 0. The molecular weight excluding hydrogens is 733 g/mol. The lowest BCUT2D eigenvalue weighted by Gasteiger charge is -2.33. The van der Waals surface area contributed by atoms with Gasteiger partial charge < -0.3 is 29.2 Å². The highest BCUT2D eigenvalue weighted by Crippen LogP contribution is 2.48. The van der Waals surface area contributed by atoms with Crippen molar-refractivity contribution in [3.63, 3.8) is 0 Å². The number of nitrogens with zero attached hydrogens (tertiary/aromatic N) is 4. The second kappa shape index (κ2) is 20.5. The van der Waals surface area contributed by atoms with E-state index < -0.39 is 5.60 Å². The Hall–Kier alpha value is -3.95. The van der Waals surface area contributed by atoms with Crippen LogP contribution in [0.4, 0.5) is 16.2 Å². The second-order valence-electron chi connectivity index (χ2n) is 20.3. The first kappa shape index (κ1) is 47.7. The van der Waals surface area contributed by atoms with Crippen molar-refractivity contribution >= 4 is 29.1 Å². The number of amides is 2. The van der Waals surface area contributed by atoms with Gasteiger partial charge in [-0.15, -0.1) is 0 Å². The fourth-order valence-corrected chi connectivity index (χ4v) is 8.94. The summed E-state index contributed by atoms with van der Waals surface area (Å²) in [6, 6.07) is 17.7. The third-order valence-electron chi connectivity index (χ3n) is 12.2. The van der Waals surface area contributed by atoms with E-state index in [4.69, 9.17) is 4.74 Å². The van der Waals surface area contributed by atoms with Gasteiger partial charge in [-0.3, -0.25) is 4.79 Å². The van der Waals surface area contributed by atoms with Crippen LogP contribution in [-0.4, -0.2) is 117 Å². The van der Waals surface area contributed by atoms with Crippen LogP contribution in [0, 0.1) is 0 Å². The number of hydrogen-bond acceptors (Lipinski definition) is 4. The molecule has 0 atom stereocenters. The number of fused-ring (bicyclic) bond motifs is 2. The van der Waals surface area contributed by atoms with Crippen LogP contribution in [0.2, 0.25) is 0 Å². The minimum atomic E-state index is -0.474. The van der Waals surface area contributed by atoms with Gasteiger partial charge in [-0.1, -0.05) is 69.7 Å². The molecule has 2 N–H and O–H groups in total. The molecule has 4 rings (SSSR count). The van der Waals surface area contributed by atoms with Crippen molar-refractivity contribution in [3.8, 4) is 0 Å². The Labute approximate surface area is 358 Å². The van der Waals surface area contributed by atoms with Crippen LogP contribution in [-0.2, 0) is 20.4 Å². The number of hydrogen-bond donors (Lipinski definition) is 2. The third kappa shape index (κ3) is 13.5. The van der Waals surface area contributed by atoms with Gasteiger partial charge in [-0.2, -0.15) is 4.58 Å². The molecule has 2 amide bonds. The second-order valence-corrected chi connectivity index (χ2v) is 20.3. The van der Waals surface area contributed by atoms with E-state index in [2.05, 4.69) is 150 Å². The summed E-state index contributed by atoms with van der Waals surface area (Å²) in [4.78, 5) is 27.2. The summed E-state index contributed by atoms with van der Waals surface area (Å²) in [5, 5.41) is 6.06. The molecule has 0 unspecified atom stereocenters. The van der Waals surface area contributed by atoms with E-state index >= 15 is 0 Å². The maximum absolute atomic E-state index is 12.8. The van der Waals surface area contributed by atoms with Crippen LogP contribution in [0.25, 0.3) is 0 Å². The molecule has 0 radical (unpaired) electrons. The number of carbonyl (C=O) groups is 2. The van der Waals surface area contributed by atoms with E-state index in [-0.39, 0.29) is 22.8 Å². The first-order valence-electron chi connectivity index (χ1n) is 22.6. The van der Waals surface area contributed by atoms with Crippen LogP contribution >= 0.6 is 0 Å². The van der Waals surface area contributed by atoms with E-state index in [1.165, 1.54) is 33.9 Å². The lowest BCUT2D eigenvalue weighted by atomic mass is 9.81. The number of benzene rings is 2. The summed E-state index contributed by atoms with van der Waals surface area (Å²) in [5.74, 6) is 0.167. The van der Waals surface area contributed by atoms with Crippen LogP contribution in [0.3, 0.4) is 0 Å². The minimum absolute atomic E-state index is 0.0546. The van der Waals surface area contributed by atoms with Gasteiger partial charge in [0, 0.05) is 86.2 Å². The van der Waals surface area contributed by atoms with Gasteiger partial charge >= 0.3 is 6.09 Å². The maximum atomic E-state index is 12.8. The molecule has 326 valence electrons. The number of nitrogens with one attached hydrogen (secondary N) is 2. The van der Waals surface area contributed by atoms with E-state index in [0.717, 1.165) is 99.7 Å². The standard InChI is InChI=1S/C50H79N6O3/c1-13-34-53-42-27-18-16-25-40(42)49(5,6)44(53)29-21-30-45-50(7,8)41-26-17-19-28-43(41)54(45)35-20-14-15-31-46(57)51-32-22-36-55(9,10)38-24-39-56(11,12)37-23-33-52-47(58)59-48(2,3)4/h16-19,21,25-30H,13-15,20,22-24,31-39H2,1-12H3/q+1/p+2. The lowest BCUT2D eigenvalue weighted by molar-refractivity contribution is -0.909. The van der Waals surface area contributed by atoms with Gasteiger partial charge in [0.05, 0.1) is 59.8 Å². The lowest BCUT2D eigenvalue weighted by Crippen LogP contribution is -2.47. The average Bonchev–Trinajstić information content (AvgIpc) is 3.49. The van der Waals surface area contributed by atoms with Gasteiger partial charge in [0.15, 0.2) is 5.71 Å². The SMILES string of the molecule is CCC[N+]1=C(C=CC=C2N(CCCCCC(=O)NCCC[N+](C)(C)CCC[N+](C)(C)CCCNC(=O)OC(C)(C)C)c3ccccc3C2(C)C)C(C)(C)c2ccccc21. The molecule has 2 aliphatic heterocycles. The molecule has 0 spiro atoms. The largest absolute Gasteiger partial charge is 0.444 e. The van der Waals surface area contributed by atoms with Crippen molar-refractivity contribution in [1.82, 2.24) is 10.6 Å². The molecule has 0 saturated heterocycles. The number of quaternary nitrogens is 2. The monoisotopic (exact) mass is 814 g/mol. The predicted octanol–water partition coefficient (Wildman–Crippen LogP) is 9.24. The fourth-order valence-electron chi connectivity index (χ4n) is 8.94. The highest BCUT2D eigenvalue weighted by Gasteiger charge is 2.44. The van der Waals surface area contributed by atoms with Gasteiger partial charge in [0.25, 0.3) is 0 Å². The average molecular weight is 814 g/mol. The predicted molar refractivity (Wildman–Crippen MR) is 247 cm³/mol. The van der Waals surface area contributed by atoms with Crippen LogP contribution in [0.15, 0.2) is 72.5 Å². The Morgan fingerprint density at radius 2 is 1.36 bits per heavy atom. The van der Waals surface area contributed by atoms with E-state index in [0.29, 0.717) is 13.0 Å². The molecule has 2 aromatic carbocycles. The summed E-state index contributed by atoms with van der Waals surface area (Å²) in [6.45, 7) is 24.8. The van der Waals surface area contributed by atoms with E-state index in [1.807, 2.05) is 20.8 Å². The summed E-state index contributed by atoms with van der Waals surface area (Å²) in [5.41, 5.74) is 7.46. The zero-order valence-corrected chi connectivity index (χ0v) is 39.2. The zero-order chi connectivity index (χ0) is 43.5. The van der Waals surface area contributed by atoms with Gasteiger partial charge in [-0.25, -0.2) is 4.79 Å². The normalized spacial score (nSPS) is 16.8. The molecule has 0 aliphatic carbocycles. The molecule has 2 aliphatic rings. The molecule has 0 fully saturated rings. The van der Waals surface area contributed by atoms with E-state index in [9.17, 15) is 9.59 Å². The first-order chi connectivity index (χ1) is 27.7. The maximum Gasteiger partial charge on any atom is 0.407 e. The molecule has 2 aromatic rings. The fraction of sp³-hybridized carbons (Fsp3) is 0.620. The molecule has 0 aromatic heterocycles. The Bertz CT molecular complexity index is 1810. The van der Waals surface area contributed by atoms with Crippen LogP contribution in [0.1, 0.15) is 118 Å². The zero-order valence-electron chi connectivity index (χ0n) is 39.2. The molecule has 2 heterocycles. The minimum Gasteiger partial charge on any atom is -0.444 e.